The number of benzene rings is 6. The van der Waals surface area contributed by atoms with Gasteiger partial charge in [0.15, 0.2) is 69.8 Å². The number of hydrogen-bond acceptors (Lipinski definition) is 3. The third kappa shape index (κ3) is 8.91. The second-order valence-corrected chi connectivity index (χ2v) is 16.4. The van der Waals surface area contributed by atoms with E-state index in [-0.39, 0.29) is 12.3 Å². The van der Waals surface area contributed by atoms with Crippen molar-refractivity contribution in [2.75, 3.05) is 0 Å². The van der Waals surface area contributed by atoms with Gasteiger partial charge < -0.3 is 4.74 Å². The molecule has 0 saturated heterocycles. The topological polar surface area (TPSA) is 47.2 Å². The average molecular weight is 1100 g/mol. The molecule has 2 aliphatic carbocycles. The summed E-state index contributed by atoms with van der Waals surface area (Å²) >= 11 is 0. The maximum absolute atomic E-state index is 15.4. The van der Waals surface area contributed by atoms with Crippen LogP contribution in [0, 0.1) is 116 Å². The fourth-order valence-corrected chi connectivity index (χ4v) is 8.75. The molecule has 0 atom stereocenters. The molecule has 7 aromatic rings. The van der Waals surface area contributed by atoms with Gasteiger partial charge >= 0.3 is 5.97 Å². The molecule has 25 heteroatoms. The second-order valence-electron chi connectivity index (χ2n) is 16.4. The van der Waals surface area contributed by atoms with E-state index in [1.54, 1.807) is 22.8 Å². The molecule has 9 rings (SSSR count). The first-order valence-electron chi connectivity index (χ1n) is 21.3. The Morgan fingerprint density at radius 2 is 0.675 bits per heavy atom. The van der Waals surface area contributed by atoms with Gasteiger partial charge in [-0.2, -0.15) is 4.57 Å². The Morgan fingerprint density at radius 1 is 0.364 bits per heavy atom. The summed E-state index contributed by atoms with van der Waals surface area (Å²) in [7, 11) is 0. The average Bonchev–Trinajstić information content (AvgIpc) is 3.84. The van der Waals surface area contributed by atoms with Crippen molar-refractivity contribution in [1.82, 2.24) is 0 Å². The minimum absolute atomic E-state index is 0.0363. The zero-order valence-corrected chi connectivity index (χ0v) is 37.4. The fourth-order valence-electron chi connectivity index (χ4n) is 8.75. The number of ether oxygens (including phenoxy) is 1. The summed E-state index contributed by atoms with van der Waals surface area (Å²) < 4.78 is 301. The van der Waals surface area contributed by atoms with Gasteiger partial charge in [0.25, 0.3) is 5.69 Å². The molecule has 1 heterocycles. The van der Waals surface area contributed by atoms with Crippen molar-refractivity contribution in [2.24, 2.45) is 0 Å². The number of Topliss-reactive ketones (excluding diaryl/α,β-unsaturated/α-hetero) is 1. The van der Waals surface area contributed by atoms with Gasteiger partial charge in [-0.25, -0.2) is 92.6 Å². The number of esters is 1. The smallest absolute Gasteiger partial charge is 0.409 e. The van der Waals surface area contributed by atoms with Crippen molar-refractivity contribution in [3.8, 4) is 16.9 Å². The van der Waals surface area contributed by atoms with Crippen LogP contribution in [0.25, 0.3) is 22.0 Å². The van der Waals surface area contributed by atoms with E-state index >= 15 is 35.1 Å². The van der Waals surface area contributed by atoms with Gasteiger partial charge in [-0.05, 0) is 35.4 Å². The summed E-state index contributed by atoms with van der Waals surface area (Å²) in [6, 6.07) is 33.8. The maximum Gasteiger partial charge on any atom is 0.409 e. The van der Waals surface area contributed by atoms with Gasteiger partial charge in [-0.15, -0.1) is 21.9 Å². The van der Waals surface area contributed by atoms with Gasteiger partial charge in [-0.3, -0.25) is 4.79 Å². The molecule has 4 nitrogen and oxygen atoms in total. The third-order valence-corrected chi connectivity index (χ3v) is 12.2. The molecule has 0 N–H and O–H groups in total. The molecule has 0 spiro atoms. The monoisotopic (exact) mass is 1100 g/mol. The summed E-state index contributed by atoms with van der Waals surface area (Å²) in [5, 5.41) is 0.941. The van der Waals surface area contributed by atoms with E-state index < -0.39 is 150 Å². The van der Waals surface area contributed by atoms with E-state index in [2.05, 4.69) is 0 Å². The van der Waals surface area contributed by atoms with Gasteiger partial charge in [0.2, 0.25) is 17.8 Å². The van der Waals surface area contributed by atoms with Gasteiger partial charge in [0.05, 0.1) is 0 Å². The number of aromatic nitrogens is 1. The fraction of sp³-hybridized carbons (Fsp3) is 0.0192. The van der Waals surface area contributed by atoms with Crippen LogP contribution in [0.2, 0.25) is 0 Å². The lowest BCUT2D eigenvalue weighted by Gasteiger charge is -2.44. The third-order valence-electron chi connectivity index (χ3n) is 12.2. The van der Waals surface area contributed by atoms with E-state index in [4.69, 9.17) is 4.74 Å². The molecule has 0 fully saturated rings. The van der Waals surface area contributed by atoms with Gasteiger partial charge in [0.1, 0.15) is 58.4 Å². The first-order chi connectivity index (χ1) is 36.4. The van der Waals surface area contributed by atoms with Crippen molar-refractivity contribution < 1.29 is 107 Å². The molecule has 0 radical (unpaired) electrons. The van der Waals surface area contributed by atoms with Crippen LogP contribution in [0.4, 0.5) is 87.8 Å². The Morgan fingerprint density at radius 3 is 1.04 bits per heavy atom. The van der Waals surface area contributed by atoms with Crippen LogP contribution in [0.3, 0.4) is 0 Å². The Kier molecular flexibility index (Phi) is 14.7. The van der Waals surface area contributed by atoms with Crippen LogP contribution >= 0.6 is 0 Å². The summed E-state index contributed by atoms with van der Waals surface area (Å²) in [4.78, 5) is 26.1. The number of pyridine rings is 1. The first kappa shape index (κ1) is 54.5. The highest BCUT2D eigenvalue weighted by atomic mass is 19.2. The highest BCUT2D eigenvalue weighted by Gasteiger charge is 2.52. The van der Waals surface area contributed by atoms with Crippen LogP contribution in [0.5, 0.6) is 5.75 Å². The highest BCUT2D eigenvalue weighted by molar-refractivity contribution is 7.20. The minimum atomic E-state index is -7.22. The lowest BCUT2D eigenvalue weighted by molar-refractivity contribution is -0.659. The second kappa shape index (κ2) is 20.7. The molecule has 394 valence electrons. The number of carbonyl (C=O) groups is 2. The van der Waals surface area contributed by atoms with Gasteiger partial charge in [-0.1, -0.05) is 72.8 Å². The summed E-state index contributed by atoms with van der Waals surface area (Å²) in [5.41, 5.74) is -10.6. The quantitative estimate of drug-likeness (QED) is 0.0275. The minimum Gasteiger partial charge on any atom is -0.419 e. The lowest BCUT2D eigenvalue weighted by atomic mass is 9.12. The molecular weight excluding hydrogens is 1080 g/mol. The zero-order valence-electron chi connectivity index (χ0n) is 37.4. The molecule has 77 heavy (non-hydrogen) atoms. The molecule has 0 aliphatic heterocycles. The summed E-state index contributed by atoms with van der Waals surface area (Å²) in [6.07, 6.45) is -7.22. The number of para-hydroxylation sites is 1. The largest absolute Gasteiger partial charge is 0.419 e. The number of hydrogen-bond donors (Lipinski definition) is 0. The molecule has 1 aromatic heterocycles. The van der Waals surface area contributed by atoms with Crippen LogP contribution in [0.15, 0.2) is 109 Å². The molecule has 2 aliphatic rings. The van der Waals surface area contributed by atoms with Crippen LogP contribution < -0.4 is 31.2 Å². The molecule has 6 aromatic carbocycles. The van der Waals surface area contributed by atoms with Crippen LogP contribution in [-0.4, -0.2) is 17.9 Å². The van der Waals surface area contributed by atoms with Gasteiger partial charge in [0, 0.05) is 23.1 Å². The van der Waals surface area contributed by atoms with E-state index in [1.807, 2.05) is 91.0 Å². The molecule has 0 amide bonds. The van der Waals surface area contributed by atoms with E-state index in [9.17, 15) is 62.3 Å². The standard InChI is InChI=1S/C28H20NO3.C24BF20/c30-27(21-10-3-1-4-11-21)19-29-25-14-8-7-9-20(25)15-16-26(29)28(31)32-24-17-22-12-5-2-6-13-23(22)18-24;26-5-1(6(27)14(35)21(42)13(5)34)25(2-7(28)15(36)22(43)16(37)8(2)29,3-9(30)17(38)23(44)18(39)10(3)31)4-11(32)19(40)24(45)20(41)12(4)33/h1-18H,19H2;/q+1;-1. The maximum atomic E-state index is 15.4. The molecule has 0 unspecified atom stereocenters. The Labute approximate surface area is 416 Å². The normalized spacial score (nSPS) is 11.5. The van der Waals surface area contributed by atoms with Crippen molar-refractivity contribution >= 4 is 50.7 Å². The van der Waals surface area contributed by atoms with E-state index in [1.165, 1.54) is 0 Å². The van der Waals surface area contributed by atoms with Crippen molar-refractivity contribution in [1.29, 1.82) is 0 Å². The molecule has 0 bridgehead atoms. The molecular formula is C52H20BF20NO3. The predicted molar refractivity (Wildman–Crippen MR) is 232 cm³/mol. The summed E-state index contributed by atoms with van der Waals surface area (Å²) in [5.74, 6) is -71.5. The summed E-state index contributed by atoms with van der Waals surface area (Å²) in [6.45, 7) is 0.0363. The van der Waals surface area contributed by atoms with E-state index in [0.29, 0.717) is 17.0 Å². The number of rotatable bonds is 9. The van der Waals surface area contributed by atoms with Crippen molar-refractivity contribution in [3.05, 3.63) is 237 Å². The number of carbonyl (C=O) groups excluding carboxylic acids is 2. The highest BCUT2D eigenvalue weighted by Crippen LogP contribution is 2.32. The number of halogens is 20. The van der Waals surface area contributed by atoms with E-state index in [0.717, 1.165) is 22.0 Å². The predicted octanol–water partition coefficient (Wildman–Crippen LogP) is 11.2. The SMILES string of the molecule is Fc1c(F)c(F)c([B-](c2c(F)c(F)c(F)c(F)c2F)(c2c(F)c(F)c(F)c(F)c2F)c2c(F)c(F)c(F)c(F)c2F)c(F)c1F.O=C(C[n+]1c(C(=O)Oc2cc3cccccc-3c2)ccc2ccccc21)c1ccccc1. The zero-order chi connectivity index (χ0) is 56.3. The van der Waals surface area contributed by atoms with Crippen LogP contribution in [0.1, 0.15) is 20.8 Å². The molecule has 0 saturated carbocycles. The van der Waals surface area contributed by atoms with Crippen LogP contribution in [-0.2, 0) is 6.54 Å². The number of nitrogens with zero attached hydrogens (tertiary/aromatic N) is 1. The lowest BCUT2D eigenvalue weighted by Crippen LogP contribution is -2.81. The Hall–Kier alpha value is -8.77. The van der Waals surface area contributed by atoms with Crippen molar-refractivity contribution in [3.63, 3.8) is 0 Å². The van der Waals surface area contributed by atoms with Crippen molar-refractivity contribution in [2.45, 2.75) is 6.54 Å². The Bertz CT molecular complexity index is 3470. The Balaban J connectivity index is 0.000000215. The number of ketones is 1. The first-order valence-corrected chi connectivity index (χ1v) is 21.3. The number of fused-ring (bicyclic) bond motifs is 2.